The van der Waals surface area contributed by atoms with Crippen LogP contribution in [0.2, 0.25) is 0 Å². The number of methoxy groups -OCH3 is 2. The van der Waals surface area contributed by atoms with Crippen molar-refractivity contribution in [2.75, 3.05) is 38.8 Å². The summed E-state index contributed by atoms with van der Waals surface area (Å²) in [5, 5.41) is 2.82. The quantitative estimate of drug-likeness (QED) is 0.593. The first-order chi connectivity index (χ1) is 11.6. The number of carbonyl (C=O) groups is 3. The molecule has 1 fully saturated rings. The van der Waals surface area contributed by atoms with Crippen LogP contribution in [-0.2, 0) is 19.1 Å². The zero-order valence-electron chi connectivity index (χ0n) is 13.9. The fourth-order valence-corrected chi connectivity index (χ4v) is 2.62. The molecule has 1 aromatic rings. The van der Waals surface area contributed by atoms with Gasteiger partial charge >= 0.3 is 5.97 Å². The summed E-state index contributed by atoms with van der Waals surface area (Å²) in [7, 11) is 2.91. The molecule has 2 amide bonds. The zero-order chi connectivity index (χ0) is 17.5. The molecule has 0 radical (unpaired) electrons. The molecule has 0 saturated carbocycles. The van der Waals surface area contributed by atoms with E-state index < -0.39 is 5.97 Å². The maximum atomic E-state index is 12.2. The van der Waals surface area contributed by atoms with Gasteiger partial charge in [-0.1, -0.05) is 6.07 Å². The molecule has 1 aromatic carbocycles. The lowest BCUT2D eigenvalue weighted by atomic mass is 10.1. The molecule has 130 valence electrons. The van der Waals surface area contributed by atoms with Crippen LogP contribution in [0.4, 0.5) is 5.69 Å². The molecule has 1 saturated heterocycles. The number of hydrogen-bond donors (Lipinski definition) is 1. The Morgan fingerprint density at radius 3 is 2.83 bits per heavy atom. The monoisotopic (exact) mass is 334 g/mol. The number of nitrogens with zero attached hydrogens (tertiary/aromatic N) is 1. The van der Waals surface area contributed by atoms with Crippen molar-refractivity contribution in [3.63, 3.8) is 0 Å². The molecule has 1 N–H and O–H groups in total. The molecule has 1 unspecified atom stereocenters. The first-order valence-corrected chi connectivity index (χ1v) is 7.82. The van der Waals surface area contributed by atoms with Crippen LogP contribution >= 0.6 is 0 Å². The number of carbonyl (C=O) groups excluding carboxylic acids is 3. The van der Waals surface area contributed by atoms with Gasteiger partial charge in [0, 0.05) is 38.9 Å². The van der Waals surface area contributed by atoms with E-state index in [1.165, 1.54) is 12.0 Å². The van der Waals surface area contributed by atoms with Crippen molar-refractivity contribution >= 4 is 23.5 Å². The van der Waals surface area contributed by atoms with Gasteiger partial charge < -0.3 is 19.7 Å². The minimum atomic E-state index is -0.462. The molecular formula is C17H22N2O5. The van der Waals surface area contributed by atoms with Crippen LogP contribution in [0.1, 0.15) is 23.2 Å². The second-order valence-electron chi connectivity index (χ2n) is 5.58. The average Bonchev–Trinajstić information content (AvgIpc) is 3.00. The summed E-state index contributed by atoms with van der Waals surface area (Å²) in [6, 6.07) is 6.65. The van der Waals surface area contributed by atoms with Gasteiger partial charge in [0.2, 0.25) is 11.8 Å². The minimum absolute atomic E-state index is 0.131. The molecule has 7 nitrogen and oxygen atoms in total. The summed E-state index contributed by atoms with van der Waals surface area (Å²) in [5.41, 5.74) is 0.966. The lowest BCUT2D eigenvalue weighted by molar-refractivity contribution is -0.126. The topological polar surface area (TPSA) is 84.9 Å². The third-order valence-corrected chi connectivity index (χ3v) is 3.90. The van der Waals surface area contributed by atoms with Gasteiger partial charge in [0.1, 0.15) is 0 Å². The average molecular weight is 334 g/mol. The van der Waals surface area contributed by atoms with Crippen molar-refractivity contribution in [3.8, 4) is 0 Å². The highest BCUT2D eigenvalue weighted by molar-refractivity contribution is 6.01. The van der Waals surface area contributed by atoms with Crippen molar-refractivity contribution in [2.45, 2.75) is 12.8 Å². The predicted octanol–water partition coefficient (Wildman–Crippen LogP) is 0.979. The van der Waals surface area contributed by atoms with E-state index >= 15 is 0 Å². The molecule has 2 rings (SSSR count). The number of esters is 1. The number of ether oxygens (including phenoxy) is 2. The van der Waals surface area contributed by atoms with Crippen LogP contribution in [-0.4, -0.2) is 51.7 Å². The molecule has 24 heavy (non-hydrogen) atoms. The van der Waals surface area contributed by atoms with Gasteiger partial charge in [0.25, 0.3) is 0 Å². The molecule has 0 aliphatic carbocycles. The van der Waals surface area contributed by atoms with Crippen molar-refractivity contribution in [1.29, 1.82) is 0 Å². The number of nitrogens with one attached hydrogen (secondary N) is 1. The Morgan fingerprint density at radius 1 is 1.33 bits per heavy atom. The fourth-order valence-electron chi connectivity index (χ4n) is 2.62. The van der Waals surface area contributed by atoms with Crippen molar-refractivity contribution < 1.29 is 23.9 Å². The van der Waals surface area contributed by atoms with E-state index in [1.807, 2.05) is 0 Å². The SMILES string of the molecule is COCCCNC(=O)C1CC(=O)N(c2cccc(C(=O)OC)c2)C1. The highest BCUT2D eigenvalue weighted by atomic mass is 16.5. The highest BCUT2D eigenvalue weighted by Crippen LogP contribution is 2.26. The second-order valence-corrected chi connectivity index (χ2v) is 5.58. The summed E-state index contributed by atoms with van der Waals surface area (Å²) < 4.78 is 9.62. The van der Waals surface area contributed by atoms with Gasteiger partial charge in [-0.2, -0.15) is 0 Å². The van der Waals surface area contributed by atoms with Crippen LogP contribution in [0.3, 0.4) is 0 Å². The lowest BCUT2D eigenvalue weighted by Gasteiger charge is -2.17. The zero-order valence-corrected chi connectivity index (χ0v) is 13.9. The fraction of sp³-hybridized carbons (Fsp3) is 0.471. The van der Waals surface area contributed by atoms with Crippen LogP contribution in [0, 0.1) is 5.92 Å². The molecule has 1 aliphatic heterocycles. The van der Waals surface area contributed by atoms with Crippen LogP contribution in [0.5, 0.6) is 0 Å². The maximum Gasteiger partial charge on any atom is 0.337 e. The highest BCUT2D eigenvalue weighted by Gasteiger charge is 2.35. The van der Waals surface area contributed by atoms with Gasteiger partial charge in [0.15, 0.2) is 0 Å². The van der Waals surface area contributed by atoms with Gasteiger partial charge in [-0.25, -0.2) is 4.79 Å². The number of amides is 2. The molecule has 0 spiro atoms. The number of anilines is 1. The third-order valence-electron chi connectivity index (χ3n) is 3.90. The van der Waals surface area contributed by atoms with E-state index in [4.69, 9.17) is 4.74 Å². The van der Waals surface area contributed by atoms with Crippen LogP contribution < -0.4 is 10.2 Å². The van der Waals surface area contributed by atoms with Crippen molar-refractivity contribution in [1.82, 2.24) is 5.32 Å². The van der Waals surface area contributed by atoms with E-state index in [-0.39, 0.29) is 24.2 Å². The molecule has 1 atom stereocenters. The maximum absolute atomic E-state index is 12.2. The van der Waals surface area contributed by atoms with E-state index in [2.05, 4.69) is 10.1 Å². The van der Waals surface area contributed by atoms with E-state index in [0.717, 1.165) is 6.42 Å². The molecule has 7 heteroatoms. The summed E-state index contributed by atoms with van der Waals surface area (Å²) in [6.07, 6.45) is 0.895. The van der Waals surface area contributed by atoms with E-state index in [9.17, 15) is 14.4 Å². The molecule has 0 aromatic heterocycles. The predicted molar refractivity (Wildman–Crippen MR) is 87.7 cm³/mol. The Balaban J connectivity index is 1.99. The molecule has 1 heterocycles. The normalized spacial score (nSPS) is 17.0. The van der Waals surface area contributed by atoms with E-state index in [0.29, 0.717) is 30.9 Å². The summed E-state index contributed by atoms with van der Waals surface area (Å²) >= 11 is 0. The largest absolute Gasteiger partial charge is 0.465 e. The Morgan fingerprint density at radius 2 is 2.12 bits per heavy atom. The van der Waals surface area contributed by atoms with Gasteiger partial charge in [-0.15, -0.1) is 0 Å². The van der Waals surface area contributed by atoms with Crippen LogP contribution in [0.15, 0.2) is 24.3 Å². The first-order valence-electron chi connectivity index (χ1n) is 7.82. The van der Waals surface area contributed by atoms with Crippen molar-refractivity contribution in [3.05, 3.63) is 29.8 Å². The number of benzene rings is 1. The molecule has 0 bridgehead atoms. The summed E-state index contributed by atoms with van der Waals surface area (Å²) in [4.78, 5) is 37.5. The minimum Gasteiger partial charge on any atom is -0.465 e. The Labute approximate surface area is 140 Å². The Kier molecular flexibility index (Phi) is 6.31. The lowest BCUT2D eigenvalue weighted by Crippen LogP contribution is -2.33. The Hall–Kier alpha value is -2.41. The Bertz CT molecular complexity index is 617. The summed E-state index contributed by atoms with van der Waals surface area (Å²) in [6.45, 7) is 1.41. The first kappa shape index (κ1) is 17.9. The molecular weight excluding hydrogens is 312 g/mol. The number of rotatable bonds is 7. The second kappa shape index (κ2) is 8.44. The standard InChI is InChI=1S/C17H22N2O5/c1-23-8-4-7-18-16(21)13-10-15(20)19(11-13)14-6-3-5-12(9-14)17(22)24-2/h3,5-6,9,13H,4,7-8,10-11H2,1-2H3,(H,18,21). The number of hydrogen-bond acceptors (Lipinski definition) is 5. The van der Waals surface area contributed by atoms with Gasteiger partial charge in [-0.3, -0.25) is 9.59 Å². The smallest absolute Gasteiger partial charge is 0.337 e. The van der Waals surface area contributed by atoms with E-state index in [1.54, 1.807) is 31.4 Å². The van der Waals surface area contributed by atoms with Crippen molar-refractivity contribution in [2.24, 2.45) is 5.92 Å². The van der Waals surface area contributed by atoms with Gasteiger partial charge in [0.05, 0.1) is 18.6 Å². The van der Waals surface area contributed by atoms with Crippen LogP contribution in [0.25, 0.3) is 0 Å². The third kappa shape index (κ3) is 4.32. The molecule has 1 aliphatic rings. The van der Waals surface area contributed by atoms with Gasteiger partial charge in [-0.05, 0) is 24.6 Å². The summed E-state index contributed by atoms with van der Waals surface area (Å²) in [5.74, 6) is -1.11.